The summed E-state index contributed by atoms with van der Waals surface area (Å²) in [5, 5.41) is 2.00. The number of anilines is 1. The summed E-state index contributed by atoms with van der Waals surface area (Å²) in [5.41, 5.74) is 4.09. The Kier molecular flexibility index (Phi) is 3.04. The zero-order valence-electron chi connectivity index (χ0n) is 10.5. The Morgan fingerprint density at radius 2 is 2.00 bits per heavy atom. The van der Waals surface area contributed by atoms with E-state index in [0.717, 1.165) is 19.5 Å². The van der Waals surface area contributed by atoms with E-state index >= 15 is 0 Å². The molecule has 0 spiro atoms. The number of likely N-dealkylation sites (tertiary alicyclic amines) is 1. The third-order valence-corrected chi connectivity index (χ3v) is 3.83. The molecular formula is C14H20N2O. The van der Waals surface area contributed by atoms with E-state index in [1.807, 2.05) is 5.06 Å². The molecule has 0 unspecified atom stereocenters. The maximum atomic E-state index is 5.38. The minimum atomic E-state index is 0.985. The normalized spacial score (nSPS) is 19.9. The molecule has 2 aliphatic rings. The van der Waals surface area contributed by atoms with Crippen molar-refractivity contribution in [3.63, 3.8) is 0 Å². The van der Waals surface area contributed by atoms with Crippen molar-refractivity contribution >= 4 is 5.69 Å². The molecule has 2 aliphatic heterocycles. The predicted molar refractivity (Wildman–Crippen MR) is 69.0 cm³/mol. The minimum Gasteiger partial charge on any atom is -0.299 e. The summed E-state index contributed by atoms with van der Waals surface area (Å²) >= 11 is 0. The first-order valence-corrected chi connectivity index (χ1v) is 6.52. The van der Waals surface area contributed by atoms with Crippen LogP contribution in [0.3, 0.4) is 0 Å². The third-order valence-electron chi connectivity index (χ3n) is 3.83. The fourth-order valence-electron chi connectivity index (χ4n) is 2.88. The Balaban J connectivity index is 1.77. The molecule has 3 rings (SSSR count). The summed E-state index contributed by atoms with van der Waals surface area (Å²) in [6.45, 7) is 4.58. The molecule has 0 radical (unpaired) electrons. The second-order valence-corrected chi connectivity index (χ2v) is 4.98. The standard InChI is InChI=1S/C14H20N2O/c1-17-16-9-6-13-5-4-12(10-14(13)16)11-15-7-2-3-8-15/h4-5,10H,2-3,6-9,11H2,1H3. The molecule has 0 bridgehead atoms. The van der Waals surface area contributed by atoms with Crippen LogP contribution in [0, 0.1) is 0 Å². The van der Waals surface area contributed by atoms with Crippen LogP contribution >= 0.6 is 0 Å². The molecule has 3 nitrogen and oxygen atoms in total. The van der Waals surface area contributed by atoms with E-state index in [4.69, 9.17) is 4.84 Å². The van der Waals surface area contributed by atoms with Crippen LogP contribution in [0.2, 0.25) is 0 Å². The van der Waals surface area contributed by atoms with Gasteiger partial charge in [0.15, 0.2) is 0 Å². The monoisotopic (exact) mass is 232 g/mol. The average Bonchev–Trinajstić information content (AvgIpc) is 2.97. The maximum absolute atomic E-state index is 5.38. The van der Waals surface area contributed by atoms with Gasteiger partial charge in [-0.2, -0.15) is 0 Å². The van der Waals surface area contributed by atoms with Gasteiger partial charge in [0.05, 0.1) is 12.8 Å². The lowest BCUT2D eigenvalue weighted by molar-refractivity contribution is 0.174. The Morgan fingerprint density at radius 1 is 1.18 bits per heavy atom. The fraction of sp³-hybridized carbons (Fsp3) is 0.571. The summed E-state index contributed by atoms with van der Waals surface area (Å²) in [5.74, 6) is 0. The van der Waals surface area contributed by atoms with Crippen LogP contribution in [-0.2, 0) is 17.8 Å². The van der Waals surface area contributed by atoms with E-state index in [-0.39, 0.29) is 0 Å². The van der Waals surface area contributed by atoms with Crippen molar-refractivity contribution in [1.82, 2.24) is 4.90 Å². The molecule has 0 atom stereocenters. The summed E-state index contributed by atoms with van der Waals surface area (Å²) in [6.07, 6.45) is 3.82. The predicted octanol–water partition coefficient (Wildman–Crippen LogP) is 2.21. The average molecular weight is 232 g/mol. The number of rotatable bonds is 3. The summed E-state index contributed by atoms with van der Waals surface area (Å²) < 4.78 is 0. The Morgan fingerprint density at radius 3 is 2.76 bits per heavy atom. The van der Waals surface area contributed by atoms with Crippen molar-refractivity contribution in [2.75, 3.05) is 31.8 Å². The highest BCUT2D eigenvalue weighted by Gasteiger charge is 2.20. The molecule has 0 N–H and O–H groups in total. The van der Waals surface area contributed by atoms with Gasteiger partial charge in [0.25, 0.3) is 0 Å². The molecule has 0 aromatic heterocycles. The molecule has 3 heteroatoms. The third kappa shape index (κ3) is 2.17. The molecule has 92 valence electrons. The van der Waals surface area contributed by atoms with E-state index in [9.17, 15) is 0 Å². The van der Waals surface area contributed by atoms with Gasteiger partial charge in [-0.1, -0.05) is 12.1 Å². The Labute approximate surface area is 103 Å². The van der Waals surface area contributed by atoms with Gasteiger partial charge in [-0.3, -0.25) is 14.8 Å². The first-order valence-electron chi connectivity index (χ1n) is 6.52. The van der Waals surface area contributed by atoms with E-state index in [0.29, 0.717) is 0 Å². The van der Waals surface area contributed by atoms with Crippen molar-refractivity contribution in [3.8, 4) is 0 Å². The van der Waals surface area contributed by atoms with Gasteiger partial charge >= 0.3 is 0 Å². The lowest BCUT2D eigenvalue weighted by Gasteiger charge is -2.18. The second kappa shape index (κ2) is 4.67. The van der Waals surface area contributed by atoms with Gasteiger partial charge in [0, 0.05) is 13.1 Å². The number of hydrogen-bond acceptors (Lipinski definition) is 3. The van der Waals surface area contributed by atoms with Crippen molar-refractivity contribution in [2.45, 2.75) is 25.8 Å². The highest BCUT2D eigenvalue weighted by Crippen LogP contribution is 2.29. The number of benzene rings is 1. The molecule has 0 amide bonds. The van der Waals surface area contributed by atoms with Crippen LogP contribution in [0.4, 0.5) is 5.69 Å². The van der Waals surface area contributed by atoms with Crippen LogP contribution in [0.25, 0.3) is 0 Å². The van der Waals surface area contributed by atoms with Crippen LogP contribution in [0.15, 0.2) is 18.2 Å². The molecule has 0 aliphatic carbocycles. The van der Waals surface area contributed by atoms with Crippen molar-refractivity contribution in [1.29, 1.82) is 0 Å². The van der Waals surface area contributed by atoms with Gasteiger partial charge in [-0.25, -0.2) is 0 Å². The van der Waals surface area contributed by atoms with E-state index in [1.54, 1.807) is 7.11 Å². The van der Waals surface area contributed by atoms with Crippen LogP contribution < -0.4 is 5.06 Å². The van der Waals surface area contributed by atoms with Crippen LogP contribution in [0.1, 0.15) is 24.0 Å². The fourth-order valence-corrected chi connectivity index (χ4v) is 2.88. The SMILES string of the molecule is CON1CCc2ccc(CN3CCCC3)cc21. The van der Waals surface area contributed by atoms with Crippen LogP contribution in [-0.4, -0.2) is 31.6 Å². The second-order valence-electron chi connectivity index (χ2n) is 4.98. The van der Waals surface area contributed by atoms with Gasteiger partial charge in [-0.15, -0.1) is 0 Å². The topological polar surface area (TPSA) is 15.7 Å². The molecule has 1 aromatic rings. The number of hydrogen-bond donors (Lipinski definition) is 0. The quantitative estimate of drug-likeness (QED) is 0.794. The van der Waals surface area contributed by atoms with Gasteiger partial charge in [0.2, 0.25) is 0 Å². The lowest BCUT2D eigenvalue weighted by Crippen LogP contribution is -2.20. The van der Waals surface area contributed by atoms with Crippen LogP contribution in [0.5, 0.6) is 0 Å². The van der Waals surface area contributed by atoms with Gasteiger partial charge in [-0.05, 0) is 49.5 Å². The molecular weight excluding hydrogens is 212 g/mol. The number of nitrogens with zero attached hydrogens (tertiary/aromatic N) is 2. The Hall–Kier alpha value is -1.06. The zero-order chi connectivity index (χ0) is 11.7. The number of hydroxylamine groups is 1. The van der Waals surface area contributed by atoms with Crippen molar-refractivity contribution < 1.29 is 4.84 Å². The molecule has 1 aromatic carbocycles. The molecule has 17 heavy (non-hydrogen) atoms. The first kappa shape index (κ1) is 11.1. The van der Waals surface area contributed by atoms with Crippen molar-refractivity contribution in [3.05, 3.63) is 29.3 Å². The highest BCUT2D eigenvalue weighted by atomic mass is 16.7. The zero-order valence-corrected chi connectivity index (χ0v) is 10.5. The number of fused-ring (bicyclic) bond motifs is 1. The molecule has 0 saturated carbocycles. The summed E-state index contributed by atoms with van der Waals surface area (Å²) in [4.78, 5) is 7.92. The van der Waals surface area contributed by atoms with Gasteiger partial charge in [0.1, 0.15) is 0 Å². The van der Waals surface area contributed by atoms with Crippen molar-refractivity contribution in [2.24, 2.45) is 0 Å². The van der Waals surface area contributed by atoms with E-state index in [1.165, 1.54) is 42.7 Å². The Bertz CT molecular complexity index is 399. The first-order chi connectivity index (χ1) is 8.36. The van der Waals surface area contributed by atoms with E-state index in [2.05, 4.69) is 23.1 Å². The lowest BCUT2D eigenvalue weighted by atomic mass is 10.1. The molecule has 1 fully saturated rings. The largest absolute Gasteiger partial charge is 0.299 e. The van der Waals surface area contributed by atoms with Gasteiger partial charge < -0.3 is 0 Å². The summed E-state index contributed by atoms with van der Waals surface area (Å²) in [7, 11) is 1.75. The molecule has 2 heterocycles. The van der Waals surface area contributed by atoms with E-state index < -0.39 is 0 Å². The molecule has 1 saturated heterocycles. The highest BCUT2D eigenvalue weighted by molar-refractivity contribution is 5.57. The maximum Gasteiger partial charge on any atom is 0.0672 e. The summed E-state index contributed by atoms with van der Waals surface area (Å²) in [6, 6.07) is 6.83. The minimum absolute atomic E-state index is 0.985. The smallest absolute Gasteiger partial charge is 0.0672 e.